The van der Waals surface area contributed by atoms with Gasteiger partial charge in [-0.2, -0.15) is 0 Å². The molecule has 0 amide bonds. The summed E-state index contributed by atoms with van der Waals surface area (Å²) in [5, 5.41) is 18.3. The molecular formula is C15H9BrN2O3S. The molecule has 5 nitrogen and oxygen atoms in total. The highest BCUT2D eigenvalue weighted by molar-refractivity contribution is 9.11. The Kier molecular flexibility index (Phi) is 4.17. The summed E-state index contributed by atoms with van der Waals surface area (Å²) >= 11 is 4.52. The van der Waals surface area contributed by atoms with Crippen molar-refractivity contribution in [3.05, 3.63) is 61.3 Å². The maximum Gasteiger partial charge on any atom is 0.347 e. The first-order valence-electron chi connectivity index (χ1n) is 6.23. The van der Waals surface area contributed by atoms with Crippen molar-refractivity contribution in [3.63, 3.8) is 0 Å². The van der Waals surface area contributed by atoms with E-state index in [1.807, 2.05) is 18.2 Å². The monoisotopic (exact) mass is 376 g/mol. The Morgan fingerprint density at radius 1 is 1.18 bits per heavy atom. The summed E-state index contributed by atoms with van der Waals surface area (Å²) in [6, 6.07) is 10.5. The van der Waals surface area contributed by atoms with Crippen LogP contribution < -0.4 is 5.63 Å². The fraction of sp³-hybridized carbons (Fsp3) is 0. The van der Waals surface area contributed by atoms with E-state index in [0.29, 0.717) is 14.7 Å². The summed E-state index contributed by atoms with van der Waals surface area (Å²) in [6.07, 6.45) is 3.06. The molecular weight excluding hydrogens is 368 g/mol. The summed E-state index contributed by atoms with van der Waals surface area (Å²) < 4.78 is 5.90. The van der Waals surface area contributed by atoms with Crippen molar-refractivity contribution >= 4 is 39.4 Å². The van der Waals surface area contributed by atoms with Gasteiger partial charge in [0.2, 0.25) is 0 Å². The van der Waals surface area contributed by atoms with Gasteiger partial charge in [0.15, 0.2) is 3.92 Å². The molecule has 0 aliphatic rings. The van der Waals surface area contributed by atoms with Crippen LogP contribution in [0.15, 0.2) is 49.5 Å². The van der Waals surface area contributed by atoms with Crippen LogP contribution in [0.1, 0.15) is 10.6 Å². The van der Waals surface area contributed by atoms with Crippen LogP contribution in [-0.4, -0.2) is 15.3 Å². The average molecular weight is 377 g/mol. The molecule has 0 atom stereocenters. The van der Waals surface area contributed by atoms with Crippen molar-refractivity contribution in [2.75, 3.05) is 0 Å². The Balaban J connectivity index is 1.97. The fourth-order valence-electron chi connectivity index (χ4n) is 1.83. The Morgan fingerprint density at radius 3 is 2.59 bits per heavy atom. The molecule has 3 rings (SSSR count). The van der Waals surface area contributed by atoms with E-state index >= 15 is 0 Å². The highest BCUT2D eigenvalue weighted by Crippen LogP contribution is 2.25. The molecule has 110 valence electrons. The number of benzene rings is 1. The largest absolute Gasteiger partial charge is 0.507 e. The van der Waals surface area contributed by atoms with Crippen molar-refractivity contribution < 1.29 is 9.52 Å². The fourth-order valence-corrected chi connectivity index (χ4v) is 2.88. The highest BCUT2D eigenvalue weighted by atomic mass is 79.9. The molecule has 0 radical (unpaired) electrons. The van der Waals surface area contributed by atoms with E-state index in [0.717, 1.165) is 5.56 Å². The Morgan fingerprint density at radius 2 is 1.95 bits per heavy atom. The van der Waals surface area contributed by atoms with Gasteiger partial charge in [-0.25, -0.2) is 4.79 Å². The summed E-state index contributed by atoms with van der Waals surface area (Å²) in [4.78, 5) is 12.0. The summed E-state index contributed by atoms with van der Waals surface area (Å²) in [7, 11) is 0. The molecule has 0 saturated carbocycles. The minimum Gasteiger partial charge on any atom is -0.507 e. The van der Waals surface area contributed by atoms with Crippen LogP contribution in [0.2, 0.25) is 0 Å². The Hall–Kier alpha value is -2.25. The molecule has 2 heterocycles. The molecule has 3 aromatic rings. The van der Waals surface area contributed by atoms with Crippen LogP contribution in [0, 0.1) is 0 Å². The van der Waals surface area contributed by atoms with Crippen molar-refractivity contribution in [2.45, 2.75) is 0 Å². The SMILES string of the molecule is O=c1oc(-c2ccccc2)cc(O)c1C=Cc1nnc(Br)s1. The number of nitrogens with zero attached hydrogens (tertiary/aromatic N) is 2. The molecule has 0 aliphatic heterocycles. The van der Waals surface area contributed by atoms with E-state index in [-0.39, 0.29) is 11.3 Å². The van der Waals surface area contributed by atoms with E-state index in [9.17, 15) is 9.90 Å². The number of rotatable bonds is 3. The molecule has 0 saturated heterocycles. The topological polar surface area (TPSA) is 76.2 Å². The van der Waals surface area contributed by atoms with Crippen LogP contribution in [-0.2, 0) is 0 Å². The first-order chi connectivity index (χ1) is 10.6. The van der Waals surface area contributed by atoms with E-state index in [1.165, 1.54) is 23.5 Å². The lowest BCUT2D eigenvalue weighted by Crippen LogP contribution is -2.03. The van der Waals surface area contributed by atoms with Gasteiger partial charge in [-0.15, -0.1) is 10.2 Å². The smallest absolute Gasteiger partial charge is 0.347 e. The van der Waals surface area contributed by atoms with Gasteiger partial charge in [0.25, 0.3) is 0 Å². The van der Waals surface area contributed by atoms with Crippen molar-refractivity contribution in [1.29, 1.82) is 0 Å². The number of halogens is 1. The summed E-state index contributed by atoms with van der Waals surface area (Å²) in [6.45, 7) is 0. The lowest BCUT2D eigenvalue weighted by molar-refractivity contribution is 0.450. The van der Waals surface area contributed by atoms with E-state index < -0.39 is 5.63 Å². The predicted molar refractivity (Wildman–Crippen MR) is 88.6 cm³/mol. The molecule has 0 unspecified atom stereocenters. The Bertz CT molecular complexity index is 887. The minimum atomic E-state index is -0.612. The maximum atomic E-state index is 12.0. The lowest BCUT2D eigenvalue weighted by atomic mass is 10.1. The summed E-state index contributed by atoms with van der Waals surface area (Å²) in [5.74, 6) is 0.175. The van der Waals surface area contributed by atoms with Gasteiger partial charge in [0.1, 0.15) is 22.1 Å². The molecule has 7 heteroatoms. The molecule has 0 fully saturated rings. The lowest BCUT2D eigenvalue weighted by Gasteiger charge is -2.02. The zero-order chi connectivity index (χ0) is 15.5. The van der Waals surface area contributed by atoms with Gasteiger partial charge >= 0.3 is 5.63 Å². The number of aromatic nitrogens is 2. The van der Waals surface area contributed by atoms with Crippen LogP contribution in [0.25, 0.3) is 23.5 Å². The van der Waals surface area contributed by atoms with Crippen molar-refractivity contribution in [3.8, 4) is 17.1 Å². The van der Waals surface area contributed by atoms with Gasteiger partial charge in [-0.3, -0.25) is 0 Å². The van der Waals surface area contributed by atoms with Crippen LogP contribution in [0.3, 0.4) is 0 Å². The predicted octanol–water partition coefficient (Wildman–Crippen LogP) is 3.80. The van der Waals surface area contributed by atoms with E-state index in [4.69, 9.17) is 4.42 Å². The first-order valence-corrected chi connectivity index (χ1v) is 7.84. The quantitative estimate of drug-likeness (QED) is 0.752. The highest BCUT2D eigenvalue weighted by Gasteiger charge is 2.10. The van der Waals surface area contributed by atoms with Crippen LogP contribution in [0.5, 0.6) is 5.75 Å². The third-order valence-electron chi connectivity index (χ3n) is 2.83. The van der Waals surface area contributed by atoms with Crippen molar-refractivity contribution in [1.82, 2.24) is 10.2 Å². The second-order valence-corrected chi connectivity index (χ2v) is 6.57. The third kappa shape index (κ3) is 3.15. The summed E-state index contributed by atoms with van der Waals surface area (Å²) in [5.41, 5.74) is 0.183. The molecule has 2 aromatic heterocycles. The van der Waals surface area contributed by atoms with Gasteiger partial charge in [0, 0.05) is 11.6 Å². The minimum absolute atomic E-state index is 0.0750. The zero-order valence-corrected chi connectivity index (χ0v) is 13.5. The first kappa shape index (κ1) is 14.7. The van der Waals surface area contributed by atoms with Crippen molar-refractivity contribution in [2.24, 2.45) is 0 Å². The second kappa shape index (κ2) is 6.25. The van der Waals surface area contributed by atoms with Gasteiger partial charge in [0.05, 0.1) is 0 Å². The maximum absolute atomic E-state index is 12.0. The molecule has 1 aromatic carbocycles. The second-order valence-electron chi connectivity index (χ2n) is 4.29. The van der Waals surface area contributed by atoms with Crippen LogP contribution >= 0.6 is 27.3 Å². The van der Waals surface area contributed by atoms with Gasteiger partial charge in [-0.1, -0.05) is 41.7 Å². The Labute approximate surface area is 137 Å². The molecule has 0 spiro atoms. The molecule has 1 N–H and O–H groups in total. The van der Waals surface area contributed by atoms with E-state index in [2.05, 4.69) is 26.1 Å². The third-order valence-corrected chi connectivity index (χ3v) is 4.15. The van der Waals surface area contributed by atoms with Gasteiger partial charge < -0.3 is 9.52 Å². The van der Waals surface area contributed by atoms with Crippen LogP contribution in [0.4, 0.5) is 0 Å². The molecule has 0 bridgehead atoms. The number of aromatic hydroxyl groups is 1. The zero-order valence-electron chi connectivity index (χ0n) is 11.1. The number of hydrogen-bond acceptors (Lipinski definition) is 6. The molecule has 22 heavy (non-hydrogen) atoms. The van der Waals surface area contributed by atoms with Gasteiger partial charge in [-0.05, 0) is 28.1 Å². The standard InChI is InChI=1S/C15H9BrN2O3S/c16-15-18-17-13(22-15)7-6-10-11(19)8-12(21-14(10)20)9-4-2-1-3-5-9/h1-8,19H. The number of hydrogen-bond donors (Lipinski definition) is 1. The molecule has 0 aliphatic carbocycles. The average Bonchev–Trinajstić information content (AvgIpc) is 2.93. The van der Waals surface area contributed by atoms with E-state index in [1.54, 1.807) is 18.2 Å². The normalized spacial score (nSPS) is 11.1.